The normalized spacial score (nSPS) is 16.1. The van der Waals surface area contributed by atoms with Gasteiger partial charge in [0.2, 0.25) is 5.91 Å². The van der Waals surface area contributed by atoms with Crippen molar-refractivity contribution >= 4 is 29.0 Å². The fourth-order valence-electron chi connectivity index (χ4n) is 3.21. The van der Waals surface area contributed by atoms with Crippen molar-refractivity contribution in [3.8, 4) is 11.5 Å². The van der Waals surface area contributed by atoms with Gasteiger partial charge in [-0.1, -0.05) is 12.1 Å². The van der Waals surface area contributed by atoms with Crippen LogP contribution in [-0.4, -0.2) is 43.5 Å². The highest BCUT2D eigenvalue weighted by molar-refractivity contribution is 6.05. The molecule has 7 nitrogen and oxygen atoms in total. The number of nitrogens with zero attached hydrogens (tertiary/aromatic N) is 1. The first kappa shape index (κ1) is 22.1. The van der Waals surface area contributed by atoms with E-state index < -0.39 is 37.1 Å². The Balaban J connectivity index is 1.91. The monoisotopic (exact) mass is 436 g/mol. The van der Waals surface area contributed by atoms with Gasteiger partial charge in [0.25, 0.3) is 5.91 Å². The lowest BCUT2D eigenvalue weighted by atomic mass is 10.1. The standard InChI is InChI=1S/C21H19F3N2O5/c1-12(27)13-7-8-16(17(9-13)30-2)31-11-20(29)26-15-6-4-3-5-14(15)25-19(28)10-18(26)21(22,23)24/h3-9,18H,10-11H2,1-2H3,(H,25,28). The third kappa shape index (κ3) is 4.79. The van der Waals surface area contributed by atoms with E-state index in [0.717, 1.165) is 0 Å². The lowest BCUT2D eigenvalue weighted by Crippen LogP contribution is -2.51. The average molecular weight is 436 g/mol. The summed E-state index contributed by atoms with van der Waals surface area (Å²) in [4.78, 5) is 36.9. The minimum Gasteiger partial charge on any atom is -0.493 e. The van der Waals surface area contributed by atoms with Crippen LogP contribution in [0.25, 0.3) is 0 Å². The fourth-order valence-corrected chi connectivity index (χ4v) is 3.21. The molecule has 0 aromatic heterocycles. The topological polar surface area (TPSA) is 84.9 Å². The van der Waals surface area contributed by atoms with Crippen molar-refractivity contribution in [1.82, 2.24) is 0 Å². The lowest BCUT2D eigenvalue weighted by molar-refractivity contribution is -0.158. The smallest absolute Gasteiger partial charge is 0.409 e. The average Bonchev–Trinajstić information content (AvgIpc) is 2.87. The Morgan fingerprint density at radius 3 is 2.52 bits per heavy atom. The Kier molecular flexibility index (Phi) is 6.19. The van der Waals surface area contributed by atoms with E-state index in [1.165, 1.54) is 56.5 Å². The van der Waals surface area contributed by atoms with Crippen LogP contribution in [0.4, 0.5) is 24.5 Å². The van der Waals surface area contributed by atoms with Crippen LogP contribution < -0.4 is 19.7 Å². The summed E-state index contributed by atoms with van der Waals surface area (Å²) in [5.74, 6) is -1.83. The van der Waals surface area contributed by atoms with Gasteiger partial charge in [-0.25, -0.2) is 0 Å². The minimum absolute atomic E-state index is 0.0804. The molecule has 1 N–H and O–H groups in total. The predicted molar refractivity (Wildman–Crippen MR) is 106 cm³/mol. The second-order valence-corrected chi connectivity index (χ2v) is 6.80. The van der Waals surface area contributed by atoms with Gasteiger partial charge >= 0.3 is 6.18 Å². The molecule has 0 radical (unpaired) electrons. The Bertz CT molecular complexity index is 1020. The highest BCUT2D eigenvalue weighted by Gasteiger charge is 2.49. The molecule has 0 fully saturated rings. The van der Waals surface area contributed by atoms with Gasteiger partial charge in [-0.15, -0.1) is 0 Å². The summed E-state index contributed by atoms with van der Waals surface area (Å²) in [7, 11) is 1.33. The van der Waals surface area contributed by atoms with E-state index in [-0.39, 0.29) is 28.7 Å². The molecular formula is C21H19F3N2O5. The number of nitrogens with one attached hydrogen (secondary N) is 1. The zero-order chi connectivity index (χ0) is 22.8. The molecule has 0 saturated heterocycles. The first-order valence-electron chi connectivity index (χ1n) is 9.21. The summed E-state index contributed by atoms with van der Waals surface area (Å²) in [6.45, 7) is 0.618. The van der Waals surface area contributed by atoms with Crippen molar-refractivity contribution < 1.29 is 37.0 Å². The maximum Gasteiger partial charge on any atom is 0.409 e. The third-order valence-corrected chi connectivity index (χ3v) is 4.70. The van der Waals surface area contributed by atoms with Crippen LogP contribution in [0.1, 0.15) is 23.7 Å². The molecule has 10 heteroatoms. The predicted octanol–water partition coefficient (Wildman–Crippen LogP) is 3.58. The van der Waals surface area contributed by atoms with Gasteiger partial charge in [-0.05, 0) is 37.3 Å². The maximum absolute atomic E-state index is 13.7. The van der Waals surface area contributed by atoms with Gasteiger partial charge in [0.1, 0.15) is 6.04 Å². The van der Waals surface area contributed by atoms with Crippen LogP contribution in [0.3, 0.4) is 0 Å². The van der Waals surface area contributed by atoms with Crippen molar-refractivity contribution in [2.75, 3.05) is 23.9 Å². The molecular weight excluding hydrogens is 417 g/mol. The van der Waals surface area contributed by atoms with Crippen molar-refractivity contribution in [2.24, 2.45) is 0 Å². The fraction of sp³-hybridized carbons (Fsp3) is 0.286. The Labute approximate surface area is 175 Å². The first-order chi connectivity index (χ1) is 14.6. The Hall–Kier alpha value is -3.56. The SMILES string of the molecule is COc1cc(C(C)=O)ccc1OCC(=O)N1c2ccccc2NC(=O)CC1C(F)(F)F. The third-order valence-electron chi connectivity index (χ3n) is 4.70. The molecule has 1 unspecified atom stereocenters. The van der Waals surface area contributed by atoms with Gasteiger partial charge in [0, 0.05) is 5.56 Å². The van der Waals surface area contributed by atoms with Crippen LogP contribution in [0.2, 0.25) is 0 Å². The van der Waals surface area contributed by atoms with E-state index in [1.54, 1.807) is 0 Å². The van der Waals surface area contributed by atoms with E-state index in [1.807, 2.05) is 0 Å². The molecule has 3 rings (SSSR count). The van der Waals surface area contributed by atoms with Crippen LogP contribution >= 0.6 is 0 Å². The second-order valence-electron chi connectivity index (χ2n) is 6.80. The summed E-state index contributed by atoms with van der Waals surface area (Å²) in [5.41, 5.74) is 0.359. The second kappa shape index (κ2) is 8.66. The van der Waals surface area contributed by atoms with E-state index in [0.29, 0.717) is 10.5 Å². The number of ether oxygens (including phenoxy) is 2. The summed E-state index contributed by atoms with van der Waals surface area (Å²) in [6.07, 6.45) is -5.79. The Morgan fingerprint density at radius 1 is 1.16 bits per heavy atom. The highest BCUT2D eigenvalue weighted by Crippen LogP contribution is 2.38. The van der Waals surface area contributed by atoms with E-state index >= 15 is 0 Å². The molecule has 1 atom stereocenters. The number of para-hydroxylation sites is 2. The molecule has 164 valence electrons. The molecule has 0 bridgehead atoms. The molecule has 0 saturated carbocycles. The number of ketones is 1. The molecule has 0 aliphatic carbocycles. The van der Waals surface area contributed by atoms with Gasteiger partial charge in [-0.2, -0.15) is 13.2 Å². The summed E-state index contributed by atoms with van der Waals surface area (Å²) >= 11 is 0. The quantitative estimate of drug-likeness (QED) is 0.725. The van der Waals surface area contributed by atoms with E-state index in [2.05, 4.69) is 5.32 Å². The minimum atomic E-state index is -4.84. The number of carbonyl (C=O) groups is 3. The van der Waals surface area contributed by atoms with Crippen LogP contribution in [0.5, 0.6) is 11.5 Å². The van der Waals surface area contributed by atoms with E-state index in [9.17, 15) is 27.6 Å². The number of hydrogen-bond acceptors (Lipinski definition) is 5. The molecule has 1 aliphatic rings. The van der Waals surface area contributed by atoms with Crippen LogP contribution in [0.15, 0.2) is 42.5 Å². The zero-order valence-corrected chi connectivity index (χ0v) is 16.7. The molecule has 2 amide bonds. The number of anilines is 2. The lowest BCUT2D eigenvalue weighted by Gasteiger charge is -2.31. The van der Waals surface area contributed by atoms with E-state index in [4.69, 9.17) is 9.47 Å². The molecule has 1 heterocycles. The number of methoxy groups -OCH3 is 1. The van der Waals surface area contributed by atoms with Crippen molar-refractivity contribution in [1.29, 1.82) is 0 Å². The summed E-state index contributed by atoms with van der Waals surface area (Å²) in [6, 6.07) is 7.64. The molecule has 0 spiro atoms. The number of amides is 2. The number of halogens is 3. The number of hydrogen-bond donors (Lipinski definition) is 1. The molecule has 31 heavy (non-hydrogen) atoms. The molecule has 2 aromatic carbocycles. The molecule has 1 aliphatic heterocycles. The molecule has 2 aromatic rings. The summed E-state index contributed by atoms with van der Waals surface area (Å²) in [5, 5.41) is 2.39. The summed E-state index contributed by atoms with van der Waals surface area (Å²) < 4.78 is 51.8. The van der Waals surface area contributed by atoms with Crippen molar-refractivity contribution in [2.45, 2.75) is 25.6 Å². The Morgan fingerprint density at radius 2 is 1.87 bits per heavy atom. The number of Topliss-reactive ketones (excluding diaryl/α,β-unsaturated/α-hetero) is 1. The number of benzene rings is 2. The van der Waals surface area contributed by atoms with Crippen LogP contribution in [-0.2, 0) is 9.59 Å². The highest BCUT2D eigenvalue weighted by atomic mass is 19.4. The number of alkyl halides is 3. The van der Waals surface area contributed by atoms with Crippen molar-refractivity contribution in [3.05, 3.63) is 48.0 Å². The zero-order valence-electron chi connectivity index (χ0n) is 16.7. The van der Waals surface area contributed by atoms with Gasteiger partial charge in [0.05, 0.1) is 24.9 Å². The van der Waals surface area contributed by atoms with Crippen LogP contribution in [0, 0.1) is 0 Å². The van der Waals surface area contributed by atoms with Gasteiger partial charge in [-0.3, -0.25) is 19.3 Å². The first-order valence-corrected chi connectivity index (χ1v) is 9.21. The number of fused-ring (bicyclic) bond motifs is 1. The largest absolute Gasteiger partial charge is 0.493 e. The maximum atomic E-state index is 13.7. The van der Waals surface area contributed by atoms with Crippen molar-refractivity contribution in [3.63, 3.8) is 0 Å². The van der Waals surface area contributed by atoms with Gasteiger partial charge in [0.15, 0.2) is 23.9 Å². The number of rotatable bonds is 5. The van der Waals surface area contributed by atoms with Gasteiger partial charge < -0.3 is 14.8 Å². The number of carbonyl (C=O) groups excluding carboxylic acids is 3.